The summed E-state index contributed by atoms with van der Waals surface area (Å²) in [6.07, 6.45) is 0.913. The molecule has 0 aliphatic carbocycles. The standard InChI is InChI=1S/C14H19NO5S/c1-19-6-7-20-9-10-4-5-15(8-10)13(16)11-2-3-12(21-11)14(17)18/h2-3,10H,4-9H2,1H3,(H,17,18). The lowest BCUT2D eigenvalue weighted by Gasteiger charge is -2.15. The second kappa shape index (κ2) is 7.53. The lowest BCUT2D eigenvalue weighted by Crippen LogP contribution is -2.28. The highest BCUT2D eigenvalue weighted by molar-refractivity contribution is 7.15. The maximum atomic E-state index is 12.3. The van der Waals surface area contributed by atoms with Gasteiger partial charge in [0.25, 0.3) is 5.91 Å². The van der Waals surface area contributed by atoms with Gasteiger partial charge in [-0.25, -0.2) is 4.79 Å². The largest absolute Gasteiger partial charge is 0.477 e. The lowest BCUT2D eigenvalue weighted by atomic mass is 10.1. The number of rotatable bonds is 7. The van der Waals surface area contributed by atoms with Crippen LogP contribution in [-0.2, 0) is 9.47 Å². The molecule has 0 radical (unpaired) electrons. The topological polar surface area (TPSA) is 76.1 Å². The Morgan fingerprint density at radius 3 is 2.81 bits per heavy atom. The molecule has 1 fully saturated rings. The molecule has 0 saturated carbocycles. The Hall–Kier alpha value is -1.44. The van der Waals surface area contributed by atoms with Crippen LogP contribution in [0.3, 0.4) is 0 Å². The minimum atomic E-state index is -0.995. The Balaban J connectivity index is 1.82. The molecule has 1 saturated heterocycles. The SMILES string of the molecule is COCCOCC1CCN(C(=O)c2ccc(C(=O)O)s2)C1. The van der Waals surface area contributed by atoms with E-state index in [4.69, 9.17) is 14.6 Å². The van der Waals surface area contributed by atoms with Gasteiger partial charge >= 0.3 is 5.97 Å². The first-order chi connectivity index (χ1) is 10.1. The fourth-order valence-electron chi connectivity index (χ4n) is 2.27. The summed E-state index contributed by atoms with van der Waals surface area (Å²) in [7, 11) is 1.63. The van der Waals surface area contributed by atoms with Gasteiger partial charge in [0, 0.05) is 26.1 Å². The van der Waals surface area contributed by atoms with Crippen molar-refractivity contribution < 1.29 is 24.2 Å². The van der Waals surface area contributed by atoms with E-state index < -0.39 is 5.97 Å². The Bertz CT molecular complexity index is 501. The summed E-state index contributed by atoms with van der Waals surface area (Å²) in [5, 5.41) is 8.89. The lowest BCUT2D eigenvalue weighted by molar-refractivity contribution is 0.0516. The molecule has 6 nitrogen and oxygen atoms in total. The van der Waals surface area contributed by atoms with Gasteiger partial charge in [-0.05, 0) is 18.6 Å². The van der Waals surface area contributed by atoms with Crippen LogP contribution in [0.15, 0.2) is 12.1 Å². The third kappa shape index (κ3) is 4.26. The molecule has 1 aromatic heterocycles. The van der Waals surface area contributed by atoms with Gasteiger partial charge in [-0.3, -0.25) is 4.79 Å². The van der Waals surface area contributed by atoms with Crippen molar-refractivity contribution in [3.05, 3.63) is 21.9 Å². The summed E-state index contributed by atoms with van der Waals surface area (Å²) in [5.74, 6) is -0.749. The highest BCUT2D eigenvalue weighted by atomic mass is 32.1. The van der Waals surface area contributed by atoms with Gasteiger partial charge in [0.2, 0.25) is 0 Å². The van der Waals surface area contributed by atoms with Crippen LogP contribution < -0.4 is 0 Å². The Morgan fingerprint density at radius 1 is 1.38 bits per heavy atom. The molecular formula is C14H19NO5S. The molecule has 1 atom stereocenters. The molecule has 1 amide bonds. The number of hydrogen-bond donors (Lipinski definition) is 1. The van der Waals surface area contributed by atoms with Crippen LogP contribution in [0.25, 0.3) is 0 Å². The van der Waals surface area contributed by atoms with Gasteiger partial charge < -0.3 is 19.5 Å². The molecule has 2 rings (SSSR count). The number of hydrogen-bond acceptors (Lipinski definition) is 5. The van der Waals surface area contributed by atoms with Crippen molar-refractivity contribution in [1.29, 1.82) is 0 Å². The molecule has 1 aliphatic rings. The van der Waals surface area contributed by atoms with E-state index in [1.54, 1.807) is 18.1 Å². The minimum Gasteiger partial charge on any atom is -0.477 e. The highest BCUT2D eigenvalue weighted by Crippen LogP contribution is 2.23. The number of methoxy groups -OCH3 is 1. The van der Waals surface area contributed by atoms with E-state index in [0.29, 0.717) is 43.7 Å². The highest BCUT2D eigenvalue weighted by Gasteiger charge is 2.28. The predicted octanol–water partition coefficient (Wildman–Crippen LogP) is 1.57. The molecule has 1 aliphatic heterocycles. The average molecular weight is 313 g/mol. The summed E-state index contributed by atoms with van der Waals surface area (Å²) in [6, 6.07) is 3.06. The fraction of sp³-hybridized carbons (Fsp3) is 0.571. The quantitative estimate of drug-likeness (QED) is 0.773. The first-order valence-corrected chi connectivity index (χ1v) is 7.62. The zero-order valence-electron chi connectivity index (χ0n) is 11.9. The Morgan fingerprint density at radius 2 is 2.14 bits per heavy atom. The number of ether oxygens (including phenoxy) is 2. The van der Waals surface area contributed by atoms with Crippen molar-refractivity contribution in [2.45, 2.75) is 6.42 Å². The van der Waals surface area contributed by atoms with Gasteiger partial charge in [0.1, 0.15) is 4.88 Å². The van der Waals surface area contributed by atoms with E-state index in [0.717, 1.165) is 17.8 Å². The molecule has 2 heterocycles. The molecule has 0 bridgehead atoms. The summed E-state index contributed by atoms with van der Waals surface area (Å²) in [5.41, 5.74) is 0. The molecule has 1 unspecified atom stereocenters. The van der Waals surface area contributed by atoms with E-state index in [-0.39, 0.29) is 10.8 Å². The van der Waals surface area contributed by atoms with Gasteiger partial charge in [-0.1, -0.05) is 0 Å². The number of likely N-dealkylation sites (tertiary alicyclic amines) is 1. The van der Waals surface area contributed by atoms with E-state index in [1.807, 2.05) is 0 Å². The number of carbonyl (C=O) groups excluding carboxylic acids is 1. The van der Waals surface area contributed by atoms with Crippen LogP contribution >= 0.6 is 11.3 Å². The van der Waals surface area contributed by atoms with Gasteiger partial charge in [-0.2, -0.15) is 0 Å². The first kappa shape index (κ1) is 15.9. The molecule has 116 valence electrons. The molecule has 1 N–H and O–H groups in total. The van der Waals surface area contributed by atoms with Gasteiger partial charge in [-0.15, -0.1) is 11.3 Å². The third-order valence-corrected chi connectivity index (χ3v) is 4.45. The normalized spacial score (nSPS) is 18.1. The number of aromatic carboxylic acids is 1. The molecular weight excluding hydrogens is 294 g/mol. The summed E-state index contributed by atoms with van der Waals surface area (Å²) >= 11 is 1.02. The number of nitrogens with zero attached hydrogens (tertiary/aromatic N) is 1. The summed E-state index contributed by atoms with van der Waals surface area (Å²) < 4.78 is 10.4. The molecule has 7 heteroatoms. The fourth-order valence-corrected chi connectivity index (χ4v) is 3.08. The van der Waals surface area contributed by atoms with E-state index in [9.17, 15) is 9.59 Å². The number of carboxylic acid groups (broad SMARTS) is 1. The zero-order chi connectivity index (χ0) is 15.2. The first-order valence-electron chi connectivity index (χ1n) is 6.81. The maximum Gasteiger partial charge on any atom is 0.345 e. The number of carbonyl (C=O) groups is 2. The van der Waals surface area contributed by atoms with Crippen LogP contribution in [0.1, 0.15) is 25.8 Å². The number of amides is 1. The van der Waals surface area contributed by atoms with Crippen LogP contribution in [0.2, 0.25) is 0 Å². The summed E-state index contributed by atoms with van der Waals surface area (Å²) in [4.78, 5) is 25.6. The van der Waals surface area contributed by atoms with Crippen molar-refractivity contribution in [1.82, 2.24) is 4.90 Å². The van der Waals surface area contributed by atoms with Crippen LogP contribution in [-0.4, -0.2) is 61.9 Å². The second-order valence-corrected chi connectivity index (χ2v) is 6.03. The monoisotopic (exact) mass is 313 g/mol. The average Bonchev–Trinajstić information content (AvgIpc) is 3.12. The maximum absolute atomic E-state index is 12.3. The van der Waals surface area contributed by atoms with Crippen LogP contribution in [0.5, 0.6) is 0 Å². The molecule has 0 aromatic carbocycles. The van der Waals surface area contributed by atoms with Crippen LogP contribution in [0.4, 0.5) is 0 Å². The van der Waals surface area contributed by atoms with Crippen molar-refractivity contribution >= 4 is 23.2 Å². The number of carboxylic acids is 1. The van der Waals surface area contributed by atoms with Crippen molar-refractivity contribution in [2.75, 3.05) is 40.0 Å². The molecule has 21 heavy (non-hydrogen) atoms. The van der Waals surface area contributed by atoms with E-state index >= 15 is 0 Å². The van der Waals surface area contributed by atoms with Crippen molar-refractivity contribution in [3.63, 3.8) is 0 Å². The predicted molar refractivity (Wildman–Crippen MR) is 78.0 cm³/mol. The zero-order valence-corrected chi connectivity index (χ0v) is 12.7. The van der Waals surface area contributed by atoms with E-state index in [2.05, 4.69) is 0 Å². The number of thiophene rings is 1. The van der Waals surface area contributed by atoms with E-state index in [1.165, 1.54) is 6.07 Å². The Kier molecular flexibility index (Phi) is 5.72. The molecule has 1 aromatic rings. The van der Waals surface area contributed by atoms with Crippen molar-refractivity contribution in [2.24, 2.45) is 5.92 Å². The van der Waals surface area contributed by atoms with Gasteiger partial charge in [0.05, 0.1) is 24.7 Å². The Labute approximate surface area is 127 Å². The van der Waals surface area contributed by atoms with Crippen molar-refractivity contribution in [3.8, 4) is 0 Å². The van der Waals surface area contributed by atoms with Crippen LogP contribution in [0, 0.1) is 5.92 Å². The molecule has 0 spiro atoms. The second-order valence-electron chi connectivity index (χ2n) is 4.94. The minimum absolute atomic E-state index is 0.0908. The smallest absolute Gasteiger partial charge is 0.345 e. The third-order valence-electron chi connectivity index (χ3n) is 3.39. The summed E-state index contributed by atoms with van der Waals surface area (Å²) in [6.45, 7) is 3.11. The van der Waals surface area contributed by atoms with Gasteiger partial charge in [0.15, 0.2) is 0 Å².